The normalized spacial score (nSPS) is 21.0. The van der Waals surface area contributed by atoms with Crippen LogP contribution < -0.4 is 5.32 Å². The Labute approximate surface area is 180 Å². The highest BCUT2D eigenvalue weighted by atomic mass is 19.4. The first kappa shape index (κ1) is 25.9. The lowest BCUT2D eigenvalue weighted by molar-refractivity contribution is -0.250. The van der Waals surface area contributed by atoms with E-state index in [-0.39, 0.29) is 23.8 Å². The minimum absolute atomic E-state index is 0.0552. The number of morpholine rings is 1. The highest BCUT2D eigenvalue weighted by Gasteiger charge is 2.46. The first-order valence-electron chi connectivity index (χ1n) is 9.60. The van der Waals surface area contributed by atoms with Crippen molar-refractivity contribution < 1.29 is 51.0 Å². The van der Waals surface area contributed by atoms with Gasteiger partial charge in [-0.05, 0) is 31.0 Å². The van der Waals surface area contributed by atoms with Crippen LogP contribution in [0, 0.1) is 11.6 Å². The van der Waals surface area contributed by atoms with Gasteiger partial charge in [-0.1, -0.05) is 0 Å². The fourth-order valence-electron chi connectivity index (χ4n) is 3.18. The average molecular weight is 470 g/mol. The monoisotopic (exact) mass is 470 g/mol. The third-order valence-corrected chi connectivity index (χ3v) is 4.56. The maximum atomic E-state index is 13.6. The maximum absolute atomic E-state index is 13.6. The largest absolute Gasteiger partial charge is 0.493 e. The van der Waals surface area contributed by atoms with E-state index in [1.165, 1.54) is 0 Å². The summed E-state index contributed by atoms with van der Waals surface area (Å²) >= 11 is 0. The van der Waals surface area contributed by atoms with Gasteiger partial charge in [-0.15, -0.1) is 0 Å². The van der Waals surface area contributed by atoms with Gasteiger partial charge >= 0.3 is 12.1 Å². The fourth-order valence-corrected chi connectivity index (χ4v) is 3.18. The van der Waals surface area contributed by atoms with Crippen LogP contribution in [0.15, 0.2) is 18.2 Å². The van der Waals surface area contributed by atoms with Crippen molar-refractivity contribution in [3.63, 3.8) is 0 Å². The first-order chi connectivity index (χ1) is 14.9. The second-order valence-corrected chi connectivity index (χ2v) is 6.99. The number of hydroxylamine groups is 2. The van der Waals surface area contributed by atoms with E-state index in [0.717, 1.165) is 19.1 Å². The average Bonchev–Trinajstić information content (AvgIpc) is 2.69. The molecular formula is C19H23F5N2O6. The van der Waals surface area contributed by atoms with Gasteiger partial charge in [0.2, 0.25) is 0 Å². The van der Waals surface area contributed by atoms with Crippen LogP contribution in [0.5, 0.6) is 0 Å². The van der Waals surface area contributed by atoms with Crippen LogP contribution in [0.4, 0.5) is 22.0 Å². The maximum Gasteiger partial charge on any atom is 0.493 e. The number of carbonyl (C=O) groups excluding carboxylic acids is 2. The number of alkyl halides is 3. The lowest BCUT2D eigenvalue weighted by Gasteiger charge is -2.39. The molecule has 0 spiro atoms. The quantitative estimate of drug-likeness (QED) is 0.460. The molecule has 0 unspecified atom stereocenters. The Balaban J connectivity index is 2.32. The molecule has 32 heavy (non-hydrogen) atoms. The number of hydrogen-bond acceptors (Lipinski definition) is 7. The zero-order valence-corrected chi connectivity index (χ0v) is 17.2. The number of amides is 1. The molecule has 0 radical (unpaired) electrons. The number of hydrogen-bond donors (Lipinski definition) is 2. The minimum atomic E-state index is -5.43. The number of nitrogens with zero attached hydrogens (tertiary/aromatic N) is 1. The van der Waals surface area contributed by atoms with Gasteiger partial charge in [0.05, 0.1) is 18.8 Å². The Morgan fingerprint density at radius 2 is 1.91 bits per heavy atom. The number of aliphatic hydroxyl groups is 1. The molecule has 180 valence electrons. The SMILES string of the molecule is CCO[C@@H]1CN[C@@H]([C@H](O)[C@H](Cc2cc(F)cc(F)c2)N(OC(=O)C(F)(F)F)C(C)=O)CO1. The van der Waals surface area contributed by atoms with Gasteiger partial charge in [0.1, 0.15) is 17.7 Å². The number of aliphatic hydroxyl groups excluding tert-OH is 1. The number of nitrogens with one attached hydrogen (secondary N) is 1. The summed E-state index contributed by atoms with van der Waals surface area (Å²) in [5, 5.41) is 13.8. The second kappa shape index (κ2) is 11.0. The predicted molar refractivity (Wildman–Crippen MR) is 97.7 cm³/mol. The molecule has 2 rings (SSSR count). The van der Waals surface area contributed by atoms with Crippen LogP contribution in [-0.4, -0.2) is 72.5 Å². The minimum Gasteiger partial charge on any atom is -0.389 e. The van der Waals surface area contributed by atoms with Crippen LogP contribution in [-0.2, 0) is 30.3 Å². The molecule has 1 fully saturated rings. The topological polar surface area (TPSA) is 97.3 Å². The highest BCUT2D eigenvalue weighted by molar-refractivity contribution is 5.79. The molecule has 1 aromatic carbocycles. The van der Waals surface area contributed by atoms with Crippen LogP contribution in [0.25, 0.3) is 0 Å². The lowest BCUT2D eigenvalue weighted by Crippen LogP contribution is -2.60. The van der Waals surface area contributed by atoms with Crippen molar-refractivity contribution in [2.45, 2.75) is 50.9 Å². The molecule has 0 saturated carbocycles. The Hall–Kier alpha value is -2.35. The van der Waals surface area contributed by atoms with Crippen LogP contribution in [0.3, 0.4) is 0 Å². The Morgan fingerprint density at radius 3 is 2.38 bits per heavy atom. The second-order valence-electron chi connectivity index (χ2n) is 6.99. The summed E-state index contributed by atoms with van der Waals surface area (Å²) in [5.41, 5.74) is -0.0928. The molecule has 1 saturated heterocycles. The van der Waals surface area contributed by atoms with E-state index < -0.39 is 60.6 Å². The van der Waals surface area contributed by atoms with E-state index in [2.05, 4.69) is 10.2 Å². The van der Waals surface area contributed by atoms with Gasteiger partial charge in [-0.2, -0.15) is 18.2 Å². The van der Waals surface area contributed by atoms with E-state index >= 15 is 0 Å². The molecule has 8 nitrogen and oxygen atoms in total. The Morgan fingerprint density at radius 1 is 1.28 bits per heavy atom. The van der Waals surface area contributed by atoms with Crippen LogP contribution in [0.2, 0.25) is 0 Å². The van der Waals surface area contributed by atoms with Gasteiger partial charge in [0, 0.05) is 26.1 Å². The summed E-state index contributed by atoms with van der Waals surface area (Å²) in [7, 11) is 0. The molecule has 2 N–H and O–H groups in total. The van der Waals surface area contributed by atoms with E-state index in [0.29, 0.717) is 12.7 Å². The third-order valence-electron chi connectivity index (χ3n) is 4.56. The Kier molecular flexibility index (Phi) is 8.89. The van der Waals surface area contributed by atoms with Crippen molar-refractivity contribution in [3.8, 4) is 0 Å². The summed E-state index contributed by atoms with van der Waals surface area (Å²) in [4.78, 5) is 27.6. The highest BCUT2D eigenvalue weighted by Crippen LogP contribution is 2.23. The predicted octanol–water partition coefficient (Wildman–Crippen LogP) is 1.46. The van der Waals surface area contributed by atoms with Gasteiger partial charge in [0.25, 0.3) is 5.91 Å². The molecule has 1 aliphatic rings. The van der Waals surface area contributed by atoms with Crippen LogP contribution in [0.1, 0.15) is 19.4 Å². The summed E-state index contributed by atoms with van der Waals surface area (Å²) < 4.78 is 76.1. The molecule has 1 aromatic rings. The summed E-state index contributed by atoms with van der Waals surface area (Å²) in [6.07, 6.45) is -8.25. The van der Waals surface area contributed by atoms with Gasteiger partial charge in [-0.25, -0.2) is 13.6 Å². The number of halogens is 5. The van der Waals surface area contributed by atoms with E-state index in [4.69, 9.17) is 9.47 Å². The van der Waals surface area contributed by atoms with E-state index in [1.807, 2.05) is 0 Å². The number of ether oxygens (including phenoxy) is 2. The number of carbonyl (C=O) groups is 2. The number of rotatable bonds is 7. The summed E-state index contributed by atoms with van der Waals surface area (Å²) in [6.45, 7) is 2.83. The molecule has 4 atom stereocenters. The lowest BCUT2D eigenvalue weighted by atomic mass is 9.95. The smallest absolute Gasteiger partial charge is 0.389 e. The first-order valence-corrected chi connectivity index (χ1v) is 9.60. The number of benzene rings is 1. The van der Waals surface area contributed by atoms with Gasteiger partial charge in [0.15, 0.2) is 6.29 Å². The Bertz CT molecular complexity index is 781. The van der Waals surface area contributed by atoms with Crippen molar-refractivity contribution in [3.05, 3.63) is 35.4 Å². The molecule has 1 heterocycles. The van der Waals surface area contributed by atoms with E-state index in [1.54, 1.807) is 6.92 Å². The van der Waals surface area contributed by atoms with E-state index in [9.17, 15) is 36.6 Å². The molecule has 13 heteroatoms. The van der Waals surface area contributed by atoms with Crippen molar-refractivity contribution in [2.24, 2.45) is 0 Å². The molecule has 0 aromatic heterocycles. The zero-order chi connectivity index (χ0) is 24.1. The molecular weight excluding hydrogens is 447 g/mol. The summed E-state index contributed by atoms with van der Waals surface area (Å²) in [5.74, 6) is -5.80. The zero-order valence-electron chi connectivity index (χ0n) is 17.2. The van der Waals surface area contributed by atoms with Crippen LogP contribution >= 0.6 is 0 Å². The molecule has 1 amide bonds. The van der Waals surface area contributed by atoms with Gasteiger partial charge in [-0.3, -0.25) is 4.79 Å². The molecule has 0 aliphatic carbocycles. The standard InChI is InChI=1S/C19H23F5N2O6/c1-3-30-16-8-25-14(9-31-16)17(28)15(6-11-4-12(20)7-13(21)5-11)26(10(2)27)32-18(29)19(22,23)24/h4-5,7,14-17,25,28H,3,6,8-9H2,1-2H3/t14-,15+,16+,17+/m1/s1. The molecule has 0 bridgehead atoms. The molecule has 1 aliphatic heterocycles. The van der Waals surface area contributed by atoms with Gasteiger partial charge < -0.3 is 24.7 Å². The van der Waals surface area contributed by atoms with Crippen molar-refractivity contribution in [1.82, 2.24) is 10.4 Å². The van der Waals surface area contributed by atoms with Crippen molar-refractivity contribution in [1.29, 1.82) is 0 Å². The fraction of sp³-hybridized carbons (Fsp3) is 0.579. The van der Waals surface area contributed by atoms with Crippen molar-refractivity contribution >= 4 is 11.9 Å². The summed E-state index contributed by atoms with van der Waals surface area (Å²) in [6, 6.07) is -0.233. The van der Waals surface area contributed by atoms with Crippen molar-refractivity contribution in [2.75, 3.05) is 19.8 Å². The third kappa shape index (κ3) is 7.08.